The molecule has 4 N–H and O–H groups in total. The fourth-order valence-corrected chi connectivity index (χ4v) is 2.71. The third-order valence-corrected chi connectivity index (χ3v) is 3.90. The molecule has 1 aliphatic rings. The average molecular weight is 263 g/mol. The summed E-state index contributed by atoms with van der Waals surface area (Å²) >= 11 is 0. The first-order chi connectivity index (χ1) is 9.15. The predicted molar refractivity (Wildman–Crippen MR) is 78.9 cm³/mol. The van der Waals surface area contributed by atoms with Crippen molar-refractivity contribution in [2.24, 2.45) is 11.3 Å². The van der Waals surface area contributed by atoms with Crippen molar-refractivity contribution in [2.45, 2.75) is 52.4 Å². The Hall–Kier alpha value is -1.36. The van der Waals surface area contributed by atoms with Crippen LogP contribution in [0.15, 0.2) is 6.07 Å². The largest absolute Gasteiger partial charge is 0.369 e. The number of rotatable bonds is 6. The highest BCUT2D eigenvalue weighted by Crippen LogP contribution is 2.37. The second kappa shape index (κ2) is 6.19. The first kappa shape index (κ1) is 14.1. The van der Waals surface area contributed by atoms with Gasteiger partial charge in [0.1, 0.15) is 17.5 Å². The van der Waals surface area contributed by atoms with Gasteiger partial charge in [-0.05, 0) is 24.7 Å². The molecule has 0 amide bonds. The Morgan fingerprint density at radius 2 is 1.95 bits per heavy atom. The van der Waals surface area contributed by atoms with Crippen molar-refractivity contribution in [1.82, 2.24) is 9.97 Å². The van der Waals surface area contributed by atoms with Gasteiger partial charge in [-0.2, -0.15) is 0 Å². The SMILES string of the molecule is CCCc1nc(NN)cc(NCC2(C)CCCC2)n1. The van der Waals surface area contributed by atoms with E-state index in [1.807, 2.05) is 6.07 Å². The molecule has 5 heteroatoms. The first-order valence-corrected chi connectivity index (χ1v) is 7.24. The number of anilines is 2. The quantitative estimate of drug-likeness (QED) is 0.543. The first-order valence-electron chi connectivity index (χ1n) is 7.24. The van der Waals surface area contributed by atoms with E-state index in [1.54, 1.807) is 0 Å². The van der Waals surface area contributed by atoms with Gasteiger partial charge in [-0.1, -0.05) is 26.7 Å². The Morgan fingerprint density at radius 1 is 1.26 bits per heavy atom. The lowest BCUT2D eigenvalue weighted by Gasteiger charge is -2.24. The lowest BCUT2D eigenvalue weighted by molar-refractivity contribution is 0.361. The molecule has 0 radical (unpaired) electrons. The molecule has 1 fully saturated rings. The Balaban J connectivity index is 2.04. The van der Waals surface area contributed by atoms with Gasteiger partial charge in [0.25, 0.3) is 0 Å². The summed E-state index contributed by atoms with van der Waals surface area (Å²) < 4.78 is 0. The maximum atomic E-state index is 5.46. The molecule has 106 valence electrons. The Morgan fingerprint density at radius 3 is 2.58 bits per heavy atom. The highest BCUT2D eigenvalue weighted by atomic mass is 15.3. The van der Waals surface area contributed by atoms with E-state index in [1.165, 1.54) is 25.7 Å². The van der Waals surface area contributed by atoms with E-state index in [0.29, 0.717) is 11.2 Å². The number of nitrogens with two attached hydrogens (primary N) is 1. The summed E-state index contributed by atoms with van der Waals surface area (Å²) in [5.74, 6) is 7.86. The van der Waals surface area contributed by atoms with E-state index < -0.39 is 0 Å². The topological polar surface area (TPSA) is 75.9 Å². The third kappa shape index (κ3) is 3.80. The van der Waals surface area contributed by atoms with Gasteiger partial charge in [0.15, 0.2) is 0 Å². The van der Waals surface area contributed by atoms with Crippen LogP contribution in [0.25, 0.3) is 0 Å². The van der Waals surface area contributed by atoms with Gasteiger partial charge >= 0.3 is 0 Å². The van der Waals surface area contributed by atoms with E-state index in [0.717, 1.165) is 31.0 Å². The lowest BCUT2D eigenvalue weighted by Crippen LogP contribution is -2.24. The van der Waals surface area contributed by atoms with Crippen molar-refractivity contribution < 1.29 is 0 Å². The molecule has 1 heterocycles. The minimum atomic E-state index is 0.409. The minimum Gasteiger partial charge on any atom is -0.369 e. The molecular weight excluding hydrogens is 238 g/mol. The summed E-state index contributed by atoms with van der Waals surface area (Å²) in [7, 11) is 0. The smallest absolute Gasteiger partial charge is 0.145 e. The second-order valence-electron chi connectivity index (χ2n) is 5.82. The molecular formula is C14H25N5. The van der Waals surface area contributed by atoms with Crippen LogP contribution in [0.3, 0.4) is 0 Å². The zero-order chi connectivity index (χ0) is 13.7. The van der Waals surface area contributed by atoms with Gasteiger partial charge in [-0.15, -0.1) is 0 Å². The predicted octanol–water partition coefficient (Wildman–Crippen LogP) is 2.71. The molecule has 1 aromatic rings. The van der Waals surface area contributed by atoms with Crippen molar-refractivity contribution >= 4 is 11.6 Å². The number of hydrogen-bond acceptors (Lipinski definition) is 5. The number of hydrogen-bond donors (Lipinski definition) is 3. The number of nitrogens with one attached hydrogen (secondary N) is 2. The van der Waals surface area contributed by atoms with E-state index in [2.05, 4.69) is 34.6 Å². The fourth-order valence-electron chi connectivity index (χ4n) is 2.71. The average Bonchev–Trinajstić information content (AvgIpc) is 2.84. The Labute approximate surface area is 115 Å². The highest BCUT2D eigenvalue weighted by molar-refractivity contribution is 5.47. The molecule has 0 unspecified atom stereocenters. The molecule has 0 saturated heterocycles. The van der Waals surface area contributed by atoms with Crippen molar-refractivity contribution in [3.8, 4) is 0 Å². The summed E-state index contributed by atoms with van der Waals surface area (Å²) in [4.78, 5) is 8.90. The van der Waals surface area contributed by atoms with Gasteiger partial charge in [0, 0.05) is 19.0 Å². The van der Waals surface area contributed by atoms with Crippen LogP contribution in [-0.2, 0) is 6.42 Å². The van der Waals surface area contributed by atoms with E-state index in [4.69, 9.17) is 5.84 Å². The van der Waals surface area contributed by atoms with E-state index in [9.17, 15) is 0 Å². The Kier molecular flexibility index (Phi) is 4.58. The molecule has 0 aliphatic heterocycles. The number of aromatic nitrogens is 2. The van der Waals surface area contributed by atoms with Crippen molar-refractivity contribution in [2.75, 3.05) is 17.3 Å². The van der Waals surface area contributed by atoms with Crippen molar-refractivity contribution in [1.29, 1.82) is 0 Å². The fraction of sp³-hybridized carbons (Fsp3) is 0.714. The minimum absolute atomic E-state index is 0.409. The van der Waals surface area contributed by atoms with Crippen LogP contribution in [0.4, 0.5) is 11.6 Å². The Bertz CT molecular complexity index is 412. The summed E-state index contributed by atoms with van der Waals surface area (Å²) in [6.07, 6.45) is 7.20. The third-order valence-electron chi connectivity index (χ3n) is 3.90. The van der Waals surface area contributed by atoms with E-state index >= 15 is 0 Å². The zero-order valence-electron chi connectivity index (χ0n) is 12.0. The monoisotopic (exact) mass is 263 g/mol. The second-order valence-corrected chi connectivity index (χ2v) is 5.82. The van der Waals surface area contributed by atoms with E-state index in [-0.39, 0.29) is 0 Å². The van der Waals surface area contributed by atoms with Crippen LogP contribution in [0.2, 0.25) is 0 Å². The van der Waals surface area contributed by atoms with Crippen LogP contribution >= 0.6 is 0 Å². The zero-order valence-corrected chi connectivity index (χ0v) is 12.0. The molecule has 19 heavy (non-hydrogen) atoms. The standard InChI is InChI=1S/C14H25N5/c1-3-6-11-17-12(9-13(18-11)19-15)16-10-14(2)7-4-5-8-14/h9H,3-8,10,15H2,1-2H3,(H2,16,17,18,19). The van der Waals surface area contributed by atoms with Crippen LogP contribution < -0.4 is 16.6 Å². The molecule has 1 aromatic heterocycles. The molecule has 0 atom stereocenters. The maximum absolute atomic E-state index is 5.46. The summed E-state index contributed by atoms with van der Waals surface area (Å²) in [5.41, 5.74) is 3.02. The van der Waals surface area contributed by atoms with Crippen LogP contribution in [0, 0.1) is 5.41 Å². The van der Waals surface area contributed by atoms with Gasteiger partial charge in [-0.25, -0.2) is 15.8 Å². The number of nitrogens with zero attached hydrogens (tertiary/aromatic N) is 2. The van der Waals surface area contributed by atoms with Gasteiger partial charge in [0.05, 0.1) is 0 Å². The molecule has 5 nitrogen and oxygen atoms in total. The highest BCUT2D eigenvalue weighted by Gasteiger charge is 2.28. The molecule has 0 bridgehead atoms. The number of hydrazine groups is 1. The lowest BCUT2D eigenvalue weighted by atomic mass is 9.89. The van der Waals surface area contributed by atoms with Crippen molar-refractivity contribution in [3.63, 3.8) is 0 Å². The molecule has 1 aliphatic carbocycles. The summed E-state index contributed by atoms with van der Waals surface area (Å²) in [6, 6.07) is 1.87. The van der Waals surface area contributed by atoms with Gasteiger partial charge in [0.2, 0.25) is 0 Å². The molecule has 0 spiro atoms. The molecule has 2 rings (SSSR count). The van der Waals surface area contributed by atoms with Crippen molar-refractivity contribution in [3.05, 3.63) is 11.9 Å². The summed E-state index contributed by atoms with van der Waals surface area (Å²) in [5, 5.41) is 3.45. The van der Waals surface area contributed by atoms with Gasteiger partial charge < -0.3 is 10.7 Å². The van der Waals surface area contributed by atoms with Crippen LogP contribution in [0.1, 0.15) is 51.8 Å². The normalized spacial score (nSPS) is 17.4. The summed E-state index contributed by atoms with van der Waals surface area (Å²) in [6.45, 7) is 5.45. The maximum Gasteiger partial charge on any atom is 0.145 e. The van der Waals surface area contributed by atoms with Crippen LogP contribution in [-0.4, -0.2) is 16.5 Å². The van der Waals surface area contributed by atoms with Gasteiger partial charge in [-0.3, -0.25) is 0 Å². The number of aryl methyl sites for hydroxylation is 1. The molecule has 1 saturated carbocycles. The number of nitrogen functional groups attached to an aromatic ring is 1. The molecule has 0 aromatic carbocycles. The van der Waals surface area contributed by atoms with Crippen LogP contribution in [0.5, 0.6) is 0 Å².